The smallest absolute Gasteiger partial charge is 0.123 e. The summed E-state index contributed by atoms with van der Waals surface area (Å²) in [6.07, 6.45) is 1.18. The minimum absolute atomic E-state index is 0.283. The average molecular weight is 204 g/mol. The largest absolute Gasteiger partial charge is 0.310 e. The first-order valence-corrected chi connectivity index (χ1v) is 5.12. The number of rotatable bonds is 3. The Balaban J connectivity index is 2.06. The van der Waals surface area contributed by atoms with E-state index in [1.54, 1.807) is 0 Å². The monoisotopic (exact) mass is 204 g/mol. The molecule has 0 bridgehead atoms. The maximum atomic E-state index is 13.0. The van der Waals surface area contributed by atoms with Crippen LogP contribution in [0.4, 0.5) is 4.39 Å². The molecule has 0 amide bonds. The molecule has 1 saturated carbocycles. The molecule has 78 valence electrons. The van der Waals surface area contributed by atoms with Crippen LogP contribution in [0.15, 0.2) is 18.2 Å². The SMILES string of the molecule is CC1CC1NCc1cc(F)ccc1C#N. The van der Waals surface area contributed by atoms with Crippen LogP contribution in [0.5, 0.6) is 0 Å². The molecule has 0 heterocycles. The molecule has 2 atom stereocenters. The summed E-state index contributed by atoms with van der Waals surface area (Å²) < 4.78 is 13.0. The van der Waals surface area contributed by atoms with Crippen molar-refractivity contribution in [3.8, 4) is 6.07 Å². The van der Waals surface area contributed by atoms with Gasteiger partial charge in [0.05, 0.1) is 11.6 Å². The Morgan fingerprint density at radius 1 is 1.60 bits per heavy atom. The standard InChI is InChI=1S/C12H13FN2/c1-8-4-12(8)15-7-10-5-11(13)3-2-9(10)6-14/h2-3,5,8,12,15H,4,7H2,1H3. The van der Waals surface area contributed by atoms with Gasteiger partial charge in [0.15, 0.2) is 0 Å². The third-order valence-electron chi connectivity index (χ3n) is 2.85. The van der Waals surface area contributed by atoms with Gasteiger partial charge in [0.25, 0.3) is 0 Å². The zero-order chi connectivity index (χ0) is 10.8. The van der Waals surface area contributed by atoms with E-state index in [1.165, 1.54) is 24.6 Å². The van der Waals surface area contributed by atoms with Gasteiger partial charge < -0.3 is 5.32 Å². The third-order valence-corrected chi connectivity index (χ3v) is 2.85. The summed E-state index contributed by atoms with van der Waals surface area (Å²) in [6, 6.07) is 6.89. The van der Waals surface area contributed by atoms with Gasteiger partial charge in [0.2, 0.25) is 0 Å². The van der Waals surface area contributed by atoms with Gasteiger partial charge in [-0.2, -0.15) is 5.26 Å². The predicted octanol–water partition coefficient (Wildman–Crippen LogP) is 2.20. The van der Waals surface area contributed by atoms with Crippen molar-refractivity contribution >= 4 is 0 Å². The molecule has 1 aliphatic carbocycles. The van der Waals surface area contributed by atoms with Gasteiger partial charge in [-0.25, -0.2) is 4.39 Å². The number of nitriles is 1. The lowest BCUT2D eigenvalue weighted by Crippen LogP contribution is -2.17. The van der Waals surface area contributed by atoms with Gasteiger partial charge in [-0.1, -0.05) is 6.92 Å². The van der Waals surface area contributed by atoms with Gasteiger partial charge in [0, 0.05) is 12.6 Å². The molecule has 1 aromatic rings. The van der Waals surface area contributed by atoms with Crippen molar-refractivity contribution in [3.63, 3.8) is 0 Å². The first kappa shape index (κ1) is 10.1. The van der Waals surface area contributed by atoms with Crippen molar-refractivity contribution in [3.05, 3.63) is 35.1 Å². The Bertz CT molecular complexity index is 409. The molecule has 2 unspecified atom stereocenters. The molecule has 1 aromatic carbocycles. The number of nitrogens with one attached hydrogen (secondary N) is 1. The van der Waals surface area contributed by atoms with Crippen molar-refractivity contribution in [2.24, 2.45) is 5.92 Å². The normalized spacial score (nSPS) is 23.5. The molecule has 2 nitrogen and oxygen atoms in total. The highest BCUT2D eigenvalue weighted by molar-refractivity contribution is 5.37. The molecule has 0 aromatic heterocycles. The summed E-state index contributed by atoms with van der Waals surface area (Å²) in [5.74, 6) is 0.429. The summed E-state index contributed by atoms with van der Waals surface area (Å²) >= 11 is 0. The van der Waals surface area contributed by atoms with E-state index >= 15 is 0 Å². The summed E-state index contributed by atoms with van der Waals surface area (Å²) in [5.41, 5.74) is 1.30. The molecule has 15 heavy (non-hydrogen) atoms. The Hall–Kier alpha value is -1.40. The van der Waals surface area contributed by atoms with Crippen molar-refractivity contribution < 1.29 is 4.39 Å². The molecule has 3 heteroatoms. The van der Waals surface area contributed by atoms with Gasteiger partial charge in [-0.3, -0.25) is 0 Å². The van der Waals surface area contributed by atoms with Gasteiger partial charge >= 0.3 is 0 Å². The fraction of sp³-hybridized carbons (Fsp3) is 0.417. The molecular weight excluding hydrogens is 191 g/mol. The number of benzene rings is 1. The van der Waals surface area contributed by atoms with Crippen LogP contribution in [-0.2, 0) is 6.54 Å². The van der Waals surface area contributed by atoms with Crippen LogP contribution in [0.3, 0.4) is 0 Å². The van der Waals surface area contributed by atoms with Crippen molar-refractivity contribution in [1.82, 2.24) is 5.32 Å². The minimum atomic E-state index is -0.283. The molecule has 0 aliphatic heterocycles. The molecule has 2 rings (SSSR count). The van der Waals surface area contributed by atoms with E-state index < -0.39 is 0 Å². The van der Waals surface area contributed by atoms with E-state index in [9.17, 15) is 4.39 Å². The summed E-state index contributed by atoms with van der Waals surface area (Å²) in [7, 11) is 0. The summed E-state index contributed by atoms with van der Waals surface area (Å²) in [4.78, 5) is 0. The molecule has 1 fully saturated rings. The van der Waals surface area contributed by atoms with Crippen molar-refractivity contribution in [2.75, 3.05) is 0 Å². The molecule has 1 aliphatic rings. The second-order valence-corrected chi connectivity index (χ2v) is 4.11. The molecular formula is C12H13FN2. The van der Waals surface area contributed by atoms with Crippen LogP contribution in [0, 0.1) is 23.1 Å². The van der Waals surface area contributed by atoms with E-state index in [1.807, 2.05) is 0 Å². The van der Waals surface area contributed by atoms with Crippen LogP contribution in [0.1, 0.15) is 24.5 Å². The van der Waals surface area contributed by atoms with Gasteiger partial charge in [-0.15, -0.1) is 0 Å². The molecule has 0 saturated heterocycles. The highest BCUT2D eigenvalue weighted by atomic mass is 19.1. The van der Waals surface area contributed by atoms with E-state index in [0.717, 1.165) is 5.56 Å². The second-order valence-electron chi connectivity index (χ2n) is 4.11. The fourth-order valence-corrected chi connectivity index (χ4v) is 1.67. The number of hydrogen-bond donors (Lipinski definition) is 1. The zero-order valence-corrected chi connectivity index (χ0v) is 8.63. The fourth-order valence-electron chi connectivity index (χ4n) is 1.67. The Morgan fingerprint density at radius 3 is 2.93 bits per heavy atom. The zero-order valence-electron chi connectivity index (χ0n) is 8.63. The van der Waals surface area contributed by atoms with Crippen LogP contribution in [0.25, 0.3) is 0 Å². The quantitative estimate of drug-likeness (QED) is 0.819. The van der Waals surface area contributed by atoms with E-state index in [-0.39, 0.29) is 5.82 Å². The molecule has 0 spiro atoms. The Labute approximate surface area is 88.7 Å². The van der Waals surface area contributed by atoms with Crippen LogP contribution < -0.4 is 5.32 Å². The lowest BCUT2D eigenvalue weighted by molar-refractivity contribution is 0.615. The summed E-state index contributed by atoms with van der Waals surface area (Å²) in [6.45, 7) is 2.75. The molecule has 0 radical (unpaired) electrons. The minimum Gasteiger partial charge on any atom is -0.310 e. The van der Waals surface area contributed by atoms with E-state index in [0.29, 0.717) is 24.1 Å². The lowest BCUT2D eigenvalue weighted by atomic mass is 10.1. The van der Waals surface area contributed by atoms with Crippen molar-refractivity contribution in [2.45, 2.75) is 25.9 Å². The Morgan fingerprint density at radius 2 is 2.33 bits per heavy atom. The highest BCUT2D eigenvalue weighted by Gasteiger charge is 2.31. The lowest BCUT2D eigenvalue weighted by Gasteiger charge is -2.05. The predicted molar refractivity (Wildman–Crippen MR) is 55.5 cm³/mol. The highest BCUT2D eigenvalue weighted by Crippen LogP contribution is 2.29. The maximum Gasteiger partial charge on any atom is 0.123 e. The van der Waals surface area contributed by atoms with E-state index in [4.69, 9.17) is 5.26 Å². The van der Waals surface area contributed by atoms with Crippen molar-refractivity contribution in [1.29, 1.82) is 5.26 Å². The first-order chi connectivity index (χ1) is 7.20. The number of hydrogen-bond acceptors (Lipinski definition) is 2. The van der Waals surface area contributed by atoms with E-state index in [2.05, 4.69) is 18.3 Å². The number of nitrogens with zero attached hydrogens (tertiary/aromatic N) is 1. The molecule has 1 N–H and O–H groups in total. The number of halogens is 1. The van der Waals surface area contributed by atoms with Gasteiger partial charge in [-0.05, 0) is 36.1 Å². The van der Waals surface area contributed by atoms with Gasteiger partial charge in [0.1, 0.15) is 5.82 Å². The third kappa shape index (κ3) is 2.34. The first-order valence-electron chi connectivity index (χ1n) is 5.12. The van der Waals surface area contributed by atoms with Crippen LogP contribution >= 0.6 is 0 Å². The average Bonchev–Trinajstić information content (AvgIpc) is 2.92. The topological polar surface area (TPSA) is 35.8 Å². The Kier molecular flexibility index (Phi) is 2.70. The summed E-state index contributed by atoms with van der Waals surface area (Å²) in [5, 5.41) is 12.1. The maximum absolute atomic E-state index is 13.0. The van der Waals surface area contributed by atoms with Crippen LogP contribution in [-0.4, -0.2) is 6.04 Å². The van der Waals surface area contributed by atoms with Crippen LogP contribution in [0.2, 0.25) is 0 Å². The second kappa shape index (κ2) is 4.00.